The number of carbonyl (C=O) groups is 3. The molecule has 3 aromatic rings. The van der Waals surface area contributed by atoms with Crippen LogP contribution in [-0.4, -0.2) is 36.8 Å². The quantitative estimate of drug-likeness (QED) is 0.355. The number of amides is 2. The third kappa shape index (κ3) is 7.11. The predicted octanol–water partition coefficient (Wildman–Crippen LogP) is 4.61. The highest BCUT2D eigenvalue weighted by molar-refractivity contribution is 8.00. The Morgan fingerprint density at radius 2 is 1.58 bits per heavy atom. The Labute approximate surface area is 196 Å². The van der Waals surface area contributed by atoms with Gasteiger partial charge in [-0.3, -0.25) is 9.59 Å². The van der Waals surface area contributed by atoms with E-state index in [1.165, 1.54) is 18.7 Å². The zero-order chi connectivity index (χ0) is 23.6. The Balaban J connectivity index is 1.58. The van der Waals surface area contributed by atoms with Gasteiger partial charge in [-0.15, -0.1) is 11.8 Å². The van der Waals surface area contributed by atoms with Crippen molar-refractivity contribution >= 4 is 40.9 Å². The molecular formula is C25H24N2O5S. The topological polar surface area (TPSA) is 93.7 Å². The van der Waals surface area contributed by atoms with Gasteiger partial charge in [-0.05, 0) is 43.3 Å². The highest BCUT2D eigenvalue weighted by Crippen LogP contribution is 2.24. The normalized spacial score (nSPS) is 11.2. The van der Waals surface area contributed by atoms with Crippen molar-refractivity contribution in [3.05, 3.63) is 84.4 Å². The van der Waals surface area contributed by atoms with Crippen LogP contribution in [0, 0.1) is 0 Å². The van der Waals surface area contributed by atoms with Gasteiger partial charge in [0, 0.05) is 22.3 Å². The minimum absolute atomic E-state index is 0.0888. The first-order chi connectivity index (χ1) is 16.0. The summed E-state index contributed by atoms with van der Waals surface area (Å²) in [4.78, 5) is 38.0. The number of anilines is 2. The second-order valence-electron chi connectivity index (χ2n) is 6.97. The van der Waals surface area contributed by atoms with Crippen molar-refractivity contribution in [3.8, 4) is 5.75 Å². The lowest BCUT2D eigenvalue weighted by Crippen LogP contribution is -2.30. The zero-order valence-electron chi connectivity index (χ0n) is 18.2. The molecule has 0 saturated carbocycles. The standard InChI is InChI=1S/C25H24N2O5S/c1-17(24(29)27-18-9-4-3-5-10-18)32-25(30)21-13-6-7-14-22(21)33-16-23(28)26-19-11-8-12-20(15-19)31-2/h3-15,17H,16H2,1-2H3,(H,26,28)(H,27,29)/t17-/m1/s1. The second kappa shape index (κ2) is 11.7. The Bertz CT molecular complexity index is 1120. The molecule has 0 aromatic heterocycles. The fraction of sp³-hybridized carbons (Fsp3) is 0.160. The average Bonchev–Trinajstić information content (AvgIpc) is 2.83. The summed E-state index contributed by atoms with van der Waals surface area (Å²) in [6.45, 7) is 1.51. The lowest BCUT2D eigenvalue weighted by atomic mass is 10.2. The Morgan fingerprint density at radius 3 is 2.33 bits per heavy atom. The molecule has 0 radical (unpaired) electrons. The van der Waals surface area contributed by atoms with E-state index in [0.717, 1.165) is 0 Å². The van der Waals surface area contributed by atoms with Crippen LogP contribution in [0.15, 0.2) is 83.8 Å². The maximum Gasteiger partial charge on any atom is 0.340 e. The molecule has 0 saturated heterocycles. The summed E-state index contributed by atoms with van der Waals surface area (Å²) in [6.07, 6.45) is -0.993. The van der Waals surface area contributed by atoms with Crippen LogP contribution in [0.2, 0.25) is 0 Å². The number of thioether (sulfide) groups is 1. The van der Waals surface area contributed by atoms with Gasteiger partial charge >= 0.3 is 5.97 Å². The molecule has 0 aliphatic rings. The van der Waals surface area contributed by atoms with Crippen molar-refractivity contribution in [2.75, 3.05) is 23.5 Å². The second-order valence-corrected chi connectivity index (χ2v) is 7.98. The van der Waals surface area contributed by atoms with Crippen molar-refractivity contribution in [2.45, 2.75) is 17.9 Å². The van der Waals surface area contributed by atoms with Crippen molar-refractivity contribution in [3.63, 3.8) is 0 Å². The van der Waals surface area contributed by atoms with Gasteiger partial charge in [0.2, 0.25) is 5.91 Å². The first kappa shape index (κ1) is 23.9. The van der Waals surface area contributed by atoms with Gasteiger partial charge in [0.15, 0.2) is 6.10 Å². The molecular weight excluding hydrogens is 440 g/mol. The lowest BCUT2D eigenvalue weighted by molar-refractivity contribution is -0.123. The van der Waals surface area contributed by atoms with E-state index < -0.39 is 18.0 Å². The van der Waals surface area contributed by atoms with Crippen LogP contribution in [0.25, 0.3) is 0 Å². The van der Waals surface area contributed by atoms with E-state index in [1.807, 2.05) is 6.07 Å². The highest BCUT2D eigenvalue weighted by Gasteiger charge is 2.21. The summed E-state index contributed by atoms with van der Waals surface area (Å²) in [5.41, 5.74) is 1.52. The van der Waals surface area contributed by atoms with Crippen LogP contribution in [0.1, 0.15) is 17.3 Å². The van der Waals surface area contributed by atoms with Gasteiger partial charge in [-0.2, -0.15) is 0 Å². The monoisotopic (exact) mass is 464 g/mol. The summed E-state index contributed by atoms with van der Waals surface area (Å²) in [5.74, 6) is -0.573. The minimum atomic E-state index is -0.993. The molecule has 7 nitrogen and oxygen atoms in total. The molecule has 1 atom stereocenters. The zero-order valence-corrected chi connectivity index (χ0v) is 19.1. The van der Waals surface area contributed by atoms with Crippen LogP contribution in [0.4, 0.5) is 11.4 Å². The van der Waals surface area contributed by atoms with Crippen molar-refractivity contribution in [1.82, 2.24) is 0 Å². The van der Waals surface area contributed by atoms with E-state index >= 15 is 0 Å². The van der Waals surface area contributed by atoms with Crippen LogP contribution >= 0.6 is 11.8 Å². The van der Waals surface area contributed by atoms with Gasteiger partial charge in [0.1, 0.15) is 5.75 Å². The Hall–Kier alpha value is -3.78. The van der Waals surface area contributed by atoms with E-state index in [9.17, 15) is 14.4 Å². The van der Waals surface area contributed by atoms with Gasteiger partial charge in [0.25, 0.3) is 5.91 Å². The molecule has 3 rings (SSSR count). The molecule has 3 aromatic carbocycles. The molecule has 0 aliphatic carbocycles. The molecule has 0 fully saturated rings. The van der Waals surface area contributed by atoms with Gasteiger partial charge in [-0.1, -0.05) is 36.4 Å². The number of para-hydroxylation sites is 1. The lowest BCUT2D eigenvalue weighted by Gasteiger charge is -2.15. The van der Waals surface area contributed by atoms with Crippen LogP contribution in [0.3, 0.4) is 0 Å². The van der Waals surface area contributed by atoms with Crippen molar-refractivity contribution < 1.29 is 23.9 Å². The van der Waals surface area contributed by atoms with Crippen LogP contribution in [-0.2, 0) is 14.3 Å². The molecule has 33 heavy (non-hydrogen) atoms. The fourth-order valence-corrected chi connectivity index (χ4v) is 3.69. The van der Waals surface area contributed by atoms with E-state index in [1.54, 1.807) is 79.9 Å². The SMILES string of the molecule is COc1cccc(NC(=O)CSc2ccccc2C(=O)O[C@H](C)C(=O)Nc2ccccc2)c1. The summed E-state index contributed by atoms with van der Waals surface area (Å²) in [6, 6.07) is 22.8. The summed E-state index contributed by atoms with van der Waals surface area (Å²) >= 11 is 1.21. The molecule has 0 spiro atoms. The number of nitrogens with one attached hydrogen (secondary N) is 2. The molecule has 0 bridgehead atoms. The van der Waals surface area contributed by atoms with E-state index in [0.29, 0.717) is 22.0 Å². The maximum atomic E-state index is 12.7. The smallest absolute Gasteiger partial charge is 0.340 e. The van der Waals surface area contributed by atoms with Gasteiger partial charge in [0.05, 0.1) is 18.4 Å². The first-order valence-electron chi connectivity index (χ1n) is 10.2. The largest absolute Gasteiger partial charge is 0.497 e. The predicted molar refractivity (Wildman–Crippen MR) is 129 cm³/mol. The highest BCUT2D eigenvalue weighted by atomic mass is 32.2. The first-order valence-corrected chi connectivity index (χ1v) is 11.2. The van der Waals surface area contributed by atoms with Crippen molar-refractivity contribution in [2.24, 2.45) is 0 Å². The Kier molecular flexibility index (Phi) is 8.49. The molecule has 170 valence electrons. The number of carbonyl (C=O) groups excluding carboxylic acids is 3. The molecule has 0 unspecified atom stereocenters. The number of esters is 1. The van der Waals surface area contributed by atoms with Crippen LogP contribution in [0.5, 0.6) is 5.75 Å². The third-order valence-corrected chi connectivity index (χ3v) is 5.59. The average molecular weight is 465 g/mol. The number of hydrogen-bond donors (Lipinski definition) is 2. The number of benzene rings is 3. The summed E-state index contributed by atoms with van der Waals surface area (Å²) in [5, 5.41) is 5.50. The Morgan fingerprint density at radius 1 is 0.879 bits per heavy atom. The van der Waals surface area contributed by atoms with Gasteiger partial charge < -0.3 is 20.1 Å². The number of hydrogen-bond acceptors (Lipinski definition) is 6. The third-order valence-electron chi connectivity index (χ3n) is 4.51. The number of rotatable bonds is 9. The van der Waals surface area contributed by atoms with E-state index in [-0.39, 0.29) is 17.2 Å². The maximum absolute atomic E-state index is 12.7. The van der Waals surface area contributed by atoms with E-state index in [2.05, 4.69) is 10.6 Å². The molecule has 2 N–H and O–H groups in total. The molecule has 8 heteroatoms. The molecule has 2 amide bonds. The summed E-state index contributed by atoms with van der Waals surface area (Å²) < 4.78 is 10.5. The van der Waals surface area contributed by atoms with E-state index in [4.69, 9.17) is 9.47 Å². The molecule has 0 aliphatic heterocycles. The van der Waals surface area contributed by atoms with Gasteiger partial charge in [-0.25, -0.2) is 4.79 Å². The molecule has 0 heterocycles. The van der Waals surface area contributed by atoms with Crippen molar-refractivity contribution in [1.29, 1.82) is 0 Å². The minimum Gasteiger partial charge on any atom is -0.497 e. The summed E-state index contributed by atoms with van der Waals surface area (Å²) in [7, 11) is 1.55. The number of methoxy groups -OCH3 is 1. The fourth-order valence-electron chi connectivity index (χ4n) is 2.85. The van der Waals surface area contributed by atoms with Crippen LogP contribution < -0.4 is 15.4 Å². The number of ether oxygens (including phenoxy) is 2.